The molecule has 0 unspecified atom stereocenters. The predicted molar refractivity (Wildman–Crippen MR) is 141 cm³/mol. The minimum atomic E-state index is -0.421. The van der Waals surface area contributed by atoms with E-state index in [1.807, 2.05) is 24.3 Å². The Morgan fingerprint density at radius 1 is 0.914 bits per heavy atom. The van der Waals surface area contributed by atoms with Gasteiger partial charge in [0.25, 0.3) is 5.91 Å². The van der Waals surface area contributed by atoms with Gasteiger partial charge in [0.15, 0.2) is 6.61 Å². The van der Waals surface area contributed by atoms with Gasteiger partial charge in [0, 0.05) is 21.3 Å². The van der Waals surface area contributed by atoms with Crippen molar-refractivity contribution in [2.75, 3.05) is 18.1 Å². The smallest absolute Gasteiger partial charge is 0.338 e. The minimum Gasteiger partial charge on any atom is -0.484 e. The highest BCUT2D eigenvalue weighted by Crippen LogP contribution is 2.28. The Balaban J connectivity index is 1.82. The standard InChI is InChI=1S/C28H29Cl2NO4/c1-4-19(3)20-11-15-23(16-12-20)35-18-27(32)31(17-24-25(29)7-6-8-26(24)30)22-13-9-21(10-14-22)28(33)34-5-2/h6-16,19H,4-5,17-18H2,1-3H3/t19-/m0/s1. The fraction of sp³-hybridized carbons (Fsp3) is 0.286. The molecule has 0 heterocycles. The highest BCUT2D eigenvalue weighted by Gasteiger charge is 2.20. The lowest BCUT2D eigenvalue weighted by atomic mass is 9.99. The number of halogens is 2. The van der Waals surface area contributed by atoms with Crippen LogP contribution < -0.4 is 9.64 Å². The number of carbonyl (C=O) groups excluding carboxylic acids is 2. The van der Waals surface area contributed by atoms with Crippen LogP contribution in [0.4, 0.5) is 5.69 Å². The van der Waals surface area contributed by atoms with Crippen LogP contribution in [0.3, 0.4) is 0 Å². The van der Waals surface area contributed by atoms with Crippen molar-refractivity contribution in [2.24, 2.45) is 0 Å². The molecule has 7 heteroatoms. The topological polar surface area (TPSA) is 55.8 Å². The van der Waals surface area contributed by atoms with E-state index in [4.69, 9.17) is 32.7 Å². The molecule has 0 aliphatic rings. The van der Waals surface area contributed by atoms with Crippen LogP contribution >= 0.6 is 23.2 Å². The average molecular weight is 514 g/mol. The summed E-state index contributed by atoms with van der Waals surface area (Å²) in [5.41, 5.74) is 2.82. The van der Waals surface area contributed by atoms with Gasteiger partial charge in [-0.2, -0.15) is 0 Å². The number of nitrogens with zero attached hydrogens (tertiary/aromatic N) is 1. The zero-order chi connectivity index (χ0) is 25.4. The van der Waals surface area contributed by atoms with Crippen molar-refractivity contribution >= 4 is 40.8 Å². The maximum atomic E-state index is 13.3. The molecule has 0 saturated heterocycles. The molecule has 1 amide bonds. The molecule has 5 nitrogen and oxygen atoms in total. The summed E-state index contributed by atoms with van der Waals surface area (Å²) in [5.74, 6) is 0.365. The van der Waals surface area contributed by atoms with Gasteiger partial charge in [-0.1, -0.05) is 55.2 Å². The van der Waals surface area contributed by atoms with Crippen molar-refractivity contribution in [1.82, 2.24) is 0 Å². The van der Waals surface area contributed by atoms with Gasteiger partial charge in [-0.25, -0.2) is 4.79 Å². The quantitative estimate of drug-likeness (QED) is 0.267. The highest BCUT2D eigenvalue weighted by atomic mass is 35.5. The molecule has 0 aliphatic carbocycles. The van der Waals surface area contributed by atoms with Gasteiger partial charge in [0.05, 0.1) is 18.7 Å². The molecule has 1 atom stereocenters. The molecule has 0 aromatic heterocycles. The second-order valence-corrected chi connectivity index (χ2v) is 8.93. The number of carbonyl (C=O) groups is 2. The molecule has 0 aliphatic heterocycles. The number of hydrogen-bond acceptors (Lipinski definition) is 4. The Bertz CT molecular complexity index is 1130. The Labute approximate surface area is 216 Å². The van der Waals surface area contributed by atoms with Crippen LogP contribution in [-0.4, -0.2) is 25.1 Å². The zero-order valence-corrected chi connectivity index (χ0v) is 21.6. The summed E-state index contributed by atoms with van der Waals surface area (Å²) >= 11 is 12.8. The van der Waals surface area contributed by atoms with Crippen LogP contribution in [-0.2, 0) is 16.1 Å². The summed E-state index contributed by atoms with van der Waals surface area (Å²) in [6.07, 6.45) is 1.05. The van der Waals surface area contributed by atoms with Crippen LogP contribution in [0.5, 0.6) is 5.75 Å². The van der Waals surface area contributed by atoms with E-state index in [0.29, 0.717) is 38.5 Å². The molecule has 3 aromatic rings. The van der Waals surface area contributed by atoms with Crippen molar-refractivity contribution in [3.63, 3.8) is 0 Å². The van der Waals surface area contributed by atoms with Gasteiger partial charge >= 0.3 is 5.97 Å². The zero-order valence-electron chi connectivity index (χ0n) is 20.1. The fourth-order valence-corrected chi connectivity index (χ4v) is 4.03. The number of benzene rings is 3. The van der Waals surface area contributed by atoms with Crippen LogP contribution in [0.25, 0.3) is 0 Å². The van der Waals surface area contributed by atoms with Crippen molar-refractivity contribution in [3.05, 3.63) is 93.5 Å². The number of esters is 1. The van der Waals surface area contributed by atoms with Crippen LogP contribution in [0, 0.1) is 0 Å². The SMILES string of the molecule is CCOC(=O)c1ccc(N(Cc2c(Cl)cccc2Cl)C(=O)COc2ccc([C@@H](C)CC)cc2)cc1. The van der Waals surface area contributed by atoms with E-state index in [2.05, 4.69) is 13.8 Å². The van der Waals surface area contributed by atoms with E-state index in [0.717, 1.165) is 6.42 Å². The van der Waals surface area contributed by atoms with E-state index in [-0.39, 0.29) is 25.7 Å². The average Bonchev–Trinajstić information content (AvgIpc) is 2.87. The molecule has 0 spiro atoms. The first kappa shape index (κ1) is 26.6. The maximum absolute atomic E-state index is 13.3. The van der Waals surface area contributed by atoms with E-state index in [9.17, 15) is 9.59 Å². The van der Waals surface area contributed by atoms with E-state index < -0.39 is 5.97 Å². The number of anilines is 1. The molecular weight excluding hydrogens is 485 g/mol. The van der Waals surface area contributed by atoms with Crippen LogP contribution in [0.15, 0.2) is 66.7 Å². The first-order valence-corrected chi connectivity index (χ1v) is 12.3. The van der Waals surface area contributed by atoms with Gasteiger partial charge in [-0.3, -0.25) is 4.79 Å². The summed E-state index contributed by atoms with van der Waals surface area (Å²) in [5, 5.41) is 0.917. The molecule has 3 rings (SSSR count). The summed E-state index contributed by atoms with van der Waals surface area (Å²) in [6, 6.07) is 19.6. The normalized spacial score (nSPS) is 11.6. The molecule has 0 fully saturated rings. The molecule has 35 heavy (non-hydrogen) atoms. The molecule has 0 bridgehead atoms. The first-order chi connectivity index (χ1) is 16.8. The Kier molecular flexibility index (Phi) is 9.58. The molecule has 0 N–H and O–H groups in total. The lowest BCUT2D eigenvalue weighted by Gasteiger charge is -2.24. The minimum absolute atomic E-state index is 0.145. The Morgan fingerprint density at radius 3 is 2.11 bits per heavy atom. The third-order valence-electron chi connectivity index (χ3n) is 5.79. The van der Waals surface area contributed by atoms with Gasteiger partial charge in [-0.05, 0) is 73.4 Å². The molecule has 0 saturated carbocycles. The van der Waals surface area contributed by atoms with Crippen LogP contribution in [0.1, 0.15) is 54.6 Å². The lowest BCUT2D eigenvalue weighted by Crippen LogP contribution is -2.34. The number of ether oxygens (including phenoxy) is 2. The van der Waals surface area contributed by atoms with Gasteiger partial charge in [-0.15, -0.1) is 0 Å². The molecular formula is C28H29Cl2NO4. The molecule has 3 aromatic carbocycles. The second kappa shape index (κ2) is 12.6. The molecule has 184 valence electrons. The molecule has 0 radical (unpaired) electrons. The summed E-state index contributed by atoms with van der Waals surface area (Å²) < 4.78 is 10.8. The maximum Gasteiger partial charge on any atom is 0.338 e. The number of amides is 1. The first-order valence-electron chi connectivity index (χ1n) is 11.6. The van der Waals surface area contributed by atoms with Crippen molar-refractivity contribution in [2.45, 2.75) is 39.7 Å². The van der Waals surface area contributed by atoms with Crippen molar-refractivity contribution < 1.29 is 19.1 Å². The van der Waals surface area contributed by atoms with E-state index >= 15 is 0 Å². The number of hydrogen-bond donors (Lipinski definition) is 0. The van der Waals surface area contributed by atoms with Crippen LogP contribution in [0.2, 0.25) is 10.0 Å². The van der Waals surface area contributed by atoms with Crippen molar-refractivity contribution in [1.29, 1.82) is 0 Å². The Hall–Kier alpha value is -3.02. The summed E-state index contributed by atoms with van der Waals surface area (Å²) in [7, 11) is 0. The largest absolute Gasteiger partial charge is 0.484 e. The number of rotatable bonds is 10. The summed E-state index contributed by atoms with van der Waals surface area (Å²) in [6.45, 7) is 6.32. The summed E-state index contributed by atoms with van der Waals surface area (Å²) in [4.78, 5) is 26.9. The lowest BCUT2D eigenvalue weighted by molar-refractivity contribution is -0.120. The van der Waals surface area contributed by atoms with E-state index in [1.54, 1.807) is 49.4 Å². The highest BCUT2D eigenvalue weighted by molar-refractivity contribution is 6.36. The van der Waals surface area contributed by atoms with Gasteiger partial charge < -0.3 is 14.4 Å². The third kappa shape index (κ3) is 7.00. The second-order valence-electron chi connectivity index (χ2n) is 8.11. The fourth-order valence-electron chi connectivity index (χ4n) is 3.51. The van der Waals surface area contributed by atoms with Gasteiger partial charge in [0.2, 0.25) is 0 Å². The van der Waals surface area contributed by atoms with E-state index in [1.165, 1.54) is 10.5 Å². The Morgan fingerprint density at radius 2 is 1.54 bits per heavy atom. The monoisotopic (exact) mass is 513 g/mol. The predicted octanol–water partition coefficient (Wildman–Crippen LogP) is 7.30. The van der Waals surface area contributed by atoms with Gasteiger partial charge in [0.1, 0.15) is 5.75 Å². The van der Waals surface area contributed by atoms with Crippen molar-refractivity contribution in [3.8, 4) is 5.75 Å². The third-order valence-corrected chi connectivity index (χ3v) is 6.50.